The number of hydrogen-bond acceptors (Lipinski definition) is 4. The molecule has 3 aromatic rings. The fraction of sp³-hybridized carbons (Fsp3) is 0.310. The molecule has 3 aromatic carbocycles. The average Bonchev–Trinajstić information content (AvgIpc) is 2.82. The number of esters is 1. The maximum absolute atomic E-state index is 11.6. The lowest BCUT2D eigenvalue weighted by molar-refractivity contribution is -0.148. The van der Waals surface area contributed by atoms with E-state index in [2.05, 4.69) is 42.5 Å². The lowest BCUT2D eigenvalue weighted by Gasteiger charge is -2.11. The smallest absolute Gasteiger partial charge is 0.308 e. The zero-order valence-electron chi connectivity index (χ0n) is 18.0. The van der Waals surface area contributed by atoms with Gasteiger partial charge in [0.05, 0.1) is 17.6 Å². The third-order valence-electron chi connectivity index (χ3n) is 5.24. The minimum absolute atomic E-state index is 0. The van der Waals surface area contributed by atoms with Gasteiger partial charge in [0.15, 0.2) is 0 Å². The van der Waals surface area contributed by atoms with E-state index in [4.69, 9.17) is 14.7 Å². The summed E-state index contributed by atoms with van der Waals surface area (Å²) in [6.45, 7) is 4.44. The third-order valence-corrected chi connectivity index (χ3v) is 5.24. The largest absolute Gasteiger partial charge is 0.490 e. The molecular weight excluding hydrogens is 410 g/mol. The molecule has 0 saturated carbocycles. The summed E-state index contributed by atoms with van der Waals surface area (Å²) in [5, 5.41) is 8.92. The van der Waals surface area contributed by atoms with Crippen molar-refractivity contribution in [3.05, 3.63) is 89.5 Å². The molecule has 0 aliphatic heterocycles. The van der Waals surface area contributed by atoms with Gasteiger partial charge >= 0.3 is 5.97 Å². The molecule has 4 heteroatoms. The maximum atomic E-state index is 11.6. The van der Waals surface area contributed by atoms with Gasteiger partial charge in [0.25, 0.3) is 0 Å². The van der Waals surface area contributed by atoms with Crippen LogP contribution in [0.25, 0.3) is 11.1 Å². The van der Waals surface area contributed by atoms with Crippen molar-refractivity contribution in [2.45, 2.75) is 41.5 Å². The molecule has 0 bridgehead atoms. The van der Waals surface area contributed by atoms with Gasteiger partial charge in [0.2, 0.25) is 0 Å². The highest BCUT2D eigenvalue weighted by atomic mass is 16.6. The molecule has 174 valence electrons. The Bertz CT molecular complexity index is 1020. The molecule has 1 atom stereocenters. The van der Waals surface area contributed by atoms with Gasteiger partial charge in [-0.2, -0.15) is 5.26 Å². The molecule has 0 spiro atoms. The molecule has 0 aliphatic carbocycles. The van der Waals surface area contributed by atoms with E-state index in [1.54, 1.807) is 0 Å². The lowest BCUT2D eigenvalue weighted by atomic mass is 10.00. The van der Waals surface area contributed by atoms with Crippen LogP contribution in [-0.4, -0.2) is 19.2 Å². The summed E-state index contributed by atoms with van der Waals surface area (Å²) in [5.41, 5.74) is 5.32. The molecule has 1 unspecified atom stereocenters. The molecule has 0 aromatic heterocycles. The van der Waals surface area contributed by atoms with E-state index in [0.29, 0.717) is 12.2 Å². The van der Waals surface area contributed by atoms with Gasteiger partial charge in [0, 0.05) is 0 Å². The van der Waals surface area contributed by atoms with Gasteiger partial charge in [-0.15, -0.1) is 0 Å². The van der Waals surface area contributed by atoms with Crippen LogP contribution in [0.2, 0.25) is 0 Å². The average molecular weight is 446 g/mol. The third kappa shape index (κ3) is 8.12. The van der Waals surface area contributed by atoms with Crippen LogP contribution in [0.3, 0.4) is 0 Å². The van der Waals surface area contributed by atoms with Crippen LogP contribution >= 0.6 is 0 Å². The van der Waals surface area contributed by atoms with E-state index in [1.165, 1.54) is 11.1 Å². The number of benzene rings is 3. The normalized spacial score (nSPS) is 10.7. The van der Waals surface area contributed by atoms with Crippen LogP contribution in [-0.2, 0) is 16.0 Å². The summed E-state index contributed by atoms with van der Waals surface area (Å²) in [4.78, 5) is 11.6. The highest BCUT2D eigenvalue weighted by molar-refractivity contribution is 5.71. The molecule has 0 amide bonds. The minimum atomic E-state index is -0.174. The van der Waals surface area contributed by atoms with Crippen LogP contribution in [0.1, 0.15) is 51.8 Å². The van der Waals surface area contributed by atoms with Gasteiger partial charge in [0.1, 0.15) is 19.0 Å². The molecule has 0 saturated heterocycles. The summed E-state index contributed by atoms with van der Waals surface area (Å²) < 4.78 is 10.9. The van der Waals surface area contributed by atoms with E-state index in [0.717, 1.165) is 29.7 Å². The molecular formula is C29H35NO3. The van der Waals surface area contributed by atoms with Gasteiger partial charge in [-0.1, -0.05) is 77.2 Å². The number of hydrogen-bond donors (Lipinski definition) is 0. The quantitative estimate of drug-likeness (QED) is 0.261. The van der Waals surface area contributed by atoms with E-state index < -0.39 is 0 Å². The van der Waals surface area contributed by atoms with Crippen molar-refractivity contribution in [2.75, 3.05) is 13.2 Å². The zero-order chi connectivity index (χ0) is 22.1. The van der Waals surface area contributed by atoms with Crippen molar-refractivity contribution >= 4 is 5.97 Å². The van der Waals surface area contributed by atoms with Crippen molar-refractivity contribution in [3.8, 4) is 22.9 Å². The summed E-state index contributed by atoms with van der Waals surface area (Å²) in [5.74, 6) is 0.517. The number of nitrogens with zero attached hydrogens (tertiary/aromatic N) is 1. The second kappa shape index (κ2) is 13.8. The van der Waals surface area contributed by atoms with Crippen LogP contribution in [0.15, 0.2) is 72.8 Å². The van der Waals surface area contributed by atoms with E-state index >= 15 is 0 Å². The molecule has 0 fully saturated rings. The van der Waals surface area contributed by atoms with Crippen LogP contribution < -0.4 is 4.74 Å². The fourth-order valence-electron chi connectivity index (χ4n) is 3.10. The van der Waals surface area contributed by atoms with Crippen molar-refractivity contribution in [1.82, 2.24) is 0 Å². The predicted octanol–water partition coefficient (Wildman–Crippen LogP) is 7.06. The van der Waals surface area contributed by atoms with Crippen LogP contribution in [0.4, 0.5) is 0 Å². The molecule has 0 aliphatic rings. The Hall–Kier alpha value is -3.58. The first kappa shape index (κ1) is 27.5. The second-order valence-electron chi connectivity index (χ2n) is 7.53. The summed E-state index contributed by atoms with van der Waals surface area (Å²) in [6, 6.07) is 26.2. The molecule has 0 N–H and O–H groups in total. The number of nitriles is 1. The van der Waals surface area contributed by atoms with E-state index in [-0.39, 0.29) is 33.3 Å². The van der Waals surface area contributed by atoms with Gasteiger partial charge < -0.3 is 9.47 Å². The summed E-state index contributed by atoms with van der Waals surface area (Å²) in [6.07, 6.45) is 1.61. The van der Waals surface area contributed by atoms with Gasteiger partial charge in [-0.05, 0) is 59.4 Å². The van der Waals surface area contributed by atoms with E-state index in [9.17, 15) is 4.79 Å². The highest BCUT2D eigenvalue weighted by Gasteiger charge is 2.11. The SMILES string of the molecule is C.C.CCC(C)C(=O)OCCOc1ccc(Cc2ccc(-c3ccc(C#N)cc3)cc2)cc1. The van der Waals surface area contributed by atoms with Crippen molar-refractivity contribution < 1.29 is 14.3 Å². The van der Waals surface area contributed by atoms with Crippen molar-refractivity contribution in [2.24, 2.45) is 5.92 Å². The molecule has 3 rings (SSSR count). The Morgan fingerprint density at radius 3 is 1.88 bits per heavy atom. The monoisotopic (exact) mass is 445 g/mol. The second-order valence-corrected chi connectivity index (χ2v) is 7.53. The maximum Gasteiger partial charge on any atom is 0.308 e. The molecule has 4 nitrogen and oxygen atoms in total. The first-order valence-corrected chi connectivity index (χ1v) is 10.6. The zero-order valence-corrected chi connectivity index (χ0v) is 18.0. The number of carbonyl (C=O) groups excluding carboxylic acids is 1. The molecule has 0 heterocycles. The topological polar surface area (TPSA) is 59.3 Å². The standard InChI is InChI=1S/C27H27NO3.2CH4/c1-3-20(2)27(29)31-17-16-30-26-14-8-22(9-15-26)18-21-4-10-24(11-5-21)25-12-6-23(19-28)7-13-25;;/h4-15,20H,3,16-18H2,1-2H3;2*1H4. The Labute approximate surface area is 198 Å². The highest BCUT2D eigenvalue weighted by Crippen LogP contribution is 2.22. The Morgan fingerprint density at radius 1 is 0.848 bits per heavy atom. The fourth-order valence-corrected chi connectivity index (χ4v) is 3.10. The number of ether oxygens (including phenoxy) is 2. The van der Waals surface area contributed by atoms with Crippen molar-refractivity contribution in [1.29, 1.82) is 5.26 Å². The Balaban J connectivity index is 0.00000272. The van der Waals surface area contributed by atoms with Crippen LogP contribution in [0.5, 0.6) is 5.75 Å². The van der Waals surface area contributed by atoms with Crippen molar-refractivity contribution in [3.63, 3.8) is 0 Å². The van der Waals surface area contributed by atoms with Crippen LogP contribution in [0, 0.1) is 17.2 Å². The summed E-state index contributed by atoms with van der Waals surface area (Å²) >= 11 is 0. The van der Waals surface area contributed by atoms with Gasteiger partial charge in [-0.3, -0.25) is 4.79 Å². The number of carbonyl (C=O) groups is 1. The Morgan fingerprint density at radius 2 is 1.36 bits per heavy atom. The van der Waals surface area contributed by atoms with E-state index in [1.807, 2.05) is 50.2 Å². The first-order chi connectivity index (χ1) is 15.1. The first-order valence-electron chi connectivity index (χ1n) is 10.6. The number of rotatable bonds is 9. The summed E-state index contributed by atoms with van der Waals surface area (Å²) in [7, 11) is 0. The lowest BCUT2D eigenvalue weighted by Crippen LogP contribution is -2.17. The van der Waals surface area contributed by atoms with Gasteiger partial charge in [-0.25, -0.2) is 0 Å². The molecule has 33 heavy (non-hydrogen) atoms. The minimum Gasteiger partial charge on any atom is -0.490 e. The Kier molecular flexibility index (Phi) is 11.4. The molecule has 0 radical (unpaired) electrons. The predicted molar refractivity (Wildman–Crippen MR) is 135 cm³/mol.